The number of rotatable bonds is 10. The molecule has 0 saturated heterocycles. The van der Waals surface area contributed by atoms with Gasteiger partial charge in [0.1, 0.15) is 12.2 Å². The van der Waals surface area contributed by atoms with Gasteiger partial charge in [-0.1, -0.05) is 0 Å². The van der Waals surface area contributed by atoms with Gasteiger partial charge in [0.15, 0.2) is 6.29 Å². The van der Waals surface area contributed by atoms with Crippen LogP contribution in [0.1, 0.15) is 6.42 Å². The van der Waals surface area contributed by atoms with Crippen LogP contribution in [-0.2, 0) is 4.74 Å². The molecule has 0 aromatic heterocycles. The Bertz CT molecular complexity index is 331. The molecule has 4 atom stereocenters. The van der Waals surface area contributed by atoms with Crippen molar-refractivity contribution in [2.75, 3.05) is 26.4 Å². The van der Waals surface area contributed by atoms with Crippen molar-refractivity contribution in [1.82, 2.24) is 16.0 Å². The summed E-state index contributed by atoms with van der Waals surface area (Å²) in [5, 5.41) is 57.1. The molecule has 0 fully saturated rings. The van der Waals surface area contributed by atoms with Crippen molar-refractivity contribution in [3.8, 4) is 0 Å². The molecule has 0 amide bonds. The van der Waals surface area contributed by atoms with Crippen molar-refractivity contribution in [3.63, 3.8) is 0 Å². The van der Waals surface area contributed by atoms with Gasteiger partial charge in [0.25, 0.3) is 0 Å². The van der Waals surface area contributed by atoms with Gasteiger partial charge in [-0.25, -0.2) is 0 Å². The molecule has 0 radical (unpaired) electrons. The highest BCUT2D eigenvalue weighted by Crippen LogP contribution is 2.09. The summed E-state index contributed by atoms with van der Waals surface area (Å²) in [7, 11) is 0. The third kappa shape index (κ3) is 5.73. The minimum atomic E-state index is -1.69. The van der Waals surface area contributed by atoms with E-state index in [-0.39, 0.29) is 26.2 Å². The number of hydrazine groups is 2. The van der Waals surface area contributed by atoms with Crippen molar-refractivity contribution in [2.45, 2.75) is 31.0 Å². The van der Waals surface area contributed by atoms with Crippen LogP contribution in [0.3, 0.4) is 0 Å². The second-order valence-electron chi connectivity index (χ2n) is 4.56. The summed E-state index contributed by atoms with van der Waals surface area (Å²) in [5.41, 5.74) is 5.96. The third-order valence-corrected chi connectivity index (χ3v) is 2.92. The summed E-state index contributed by atoms with van der Waals surface area (Å²) in [5.74, 6) is 0. The first-order chi connectivity index (χ1) is 9.99. The normalized spacial score (nSPS) is 20.7. The zero-order chi connectivity index (χ0) is 15.8. The Hall–Kier alpha value is -0.980. The molecule has 0 aliphatic carbocycles. The second kappa shape index (κ2) is 9.12. The van der Waals surface area contributed by atoms with Crippen LogP contribution < -0.4 is 11.0 Å². The summed E-state index contributed by atoms with van der Waals surface area (Å²) < 4.78 is 4.95. The van der Waals surface area contributed by atoms with Gasteiger partial charge >= 0.3 is 0 Å². The molecule has 1 unspecified atom stereocenters. The van der Waals surface area contributed by atoms with E-state index >= 15 is 0 Å². The number of ether oxygens (including phenoxy) is 1. The van der Waals surface area contributed by atoms with E-state index < -0.39 is 24.6 Å². The standard InChI is InChI=1S/C11H23N3O7/c15-3-1-8(17)9(18)10(19)11(20)21-4-2-14-5-7(6-16)12-13-14/h5,8-13,15-20H,1-4,6H2/t8-,9?,10-,11+/m1/s1. The minimum absolute atomic E-state index is 0.0188. The Balaban J connectivity index is 2.26. The quantitative estimate of drug-likeness (QED) is 0.187. The van der Waals surface area contributed by atoms with E-state index in [9.17, 15) is 20.4 Å². The van der Waals surface area contributed by atoms with Gasteiger partial charge in [-0.3, -0.25) is 5.01 Å². The highest BCUT2D eigenvalue weighted by Gasteiger charge is 2.30. The van der Waals surface area contributed by atoms with Crippen molar-refractivity contribution in [2.24, 2.45) is 0 Å². The number of hydrogen-bond acceptors (Lipinski definition) is 10. The molecular weight excluding hydrogens is 286 g/mol. The largest absolute Gasteiger partial charge is 0.396 e. The topological polar surface area (TPSA) is 158 Å². The number of nitrogens with zero attached hydrogens (tertiary/aromatic N) is 1. The van der Waals surface area contributed by atoms with Crippen molar-refractivity contribution >= 4 is 0 Å². The fraction of sp³-hybridized carbons (Fsp3) is 0.818. The molecule has 10 nitrogen and oxygen atoms in total. The SMILES string of the molecule is OCC[C@@H](O)C(O)[C@@H](O)[C@@H](O)OCCN1C=C(CO)NN1. The van der Waals surface area contributed by atoms with Crippen molar-refractivity contribution in [3.05, 3.63) is 11.9 Å². The Labute approximate surface area is 121 Å². The molecule has 0 saturated carbocycles. The molecule has 0 aromatic rings. The van der Waals surface area contributed by atoms with Gasteiger partial charge < -0.3 is 40.8 Å². The molecule has 10 heteroatoms. The van der Waals surface area contributed by atoms with E-state index in [1.54, 1.807) is 11.2 Å². The van der Waals surface area contributed by atoms with Crippen LogP contribution in [0.25, 0.3) is 0 Å². The number of hydrogen-bond donors (Lipinski definition) is 8. The van der Waals surface area contributed by atoms with E-state index in [2.05, 4.69) is 11.0 Å². The Morgan fingerprint density at radius 1 is 1.14 bits per heavy atom. The molecule has 0 aromatic carbocycles. The van der Waals surface area contributed by atoms with E-state index in [1.165, 1.54) is 0 Å². The predicted octanol–water partition coefficient (Wildman–Crippen LogP) is -4.05. The molecule has 1 aliphatic heterocycles. The van der Waals surface area contributed by atoms with Gasteiger partial charge in [-0.2, -0.15) is 0 Å². The van der Waals surface area contributed by atoms with Crippen LogP contribution in [0.5, 0.6) is 0 Å². The lowest BCUT2D eigenvalue weighted by Crippen LogP contribution is -2.46. The van der Waals surface area contributed by atoms with Crippen LogP contribution in [0.15, 0.2) is 11.9 Å². The van der Waals surface area contributed by atoms with Gasteiger partial charge in [0.05, 0.1) is 31.6 Å². The fourth-order valence-electron chi connectivity index (χ4n) is 1.67. The summed E-state index contributed by atoms with van der Waals surface area (Å²) in [6.45, 7) is -0.184. The van der Waals surface area contributed by atoms with Crippen LogP contribution in [-0.4, -0.2) is 86.6 Å². The Kier molecular flexibility index (Phi) is 7.85. The van der Waals surface area contributed by atoms with Gasteiger partial charge in [0.2, 0.25) is 0 Å². The molecule has 8 N–H and O–H groups in total. The lowest BCUT2D eigenvalue weighted by atomic mass is 10.1. The molecule has 1 rings (SSSR count). The Morgan fingerprint density at radius 3 is 2.43 bits per heavy atom. The first kappa shape index (κ1) is 18.1. The lowest BCUT2D eigenvalue weighted by Gasteiger charge is -2.26. The second-order valence-corrected chi connectivity index (χ2v) is 4.56. The van der Waals surface area contributed by atoms with Crippen molar-refractivity contribution in [1.29, 1.82) is 0 Å². The summed E-state index contributed by atoms with van der Waals surface area (Å²) in [6.07, 6.45) is -4.87. The third-order valence-electron chi connectivity index (χ3n) is 2.92. The predicted molar refractivity (Wildman–Crippen MR) is 69.8 cm³/mol. The van der Waals surface area contributed by atoms with E-state index in [1.807, 2.05) is 0 Å². The van der Waals surface area contributed by atoms with E-state index in [0.717, 1.165) is 0 Å². The average molecular weight is 309 g/mol. The minimum Gasteiger partial charge on any atom is -0.396 e. The highest BCUT2D eigenvalue weighted by molar-refractivity contribution is 5.01. The average Bonchev–Trinajstić information content (AvgIpc) is 2.93. The summed E-state index contributed by atoms with van der Waals surface area (Å²) in [4.78, 5) is 0. The maximum Gasteiger partial charge on any atom is 0.183 e. The highest BCUT2D eigenvalue weighted by atomic mass is 16.6. The molecule has 1 aliphatic rings. The fourth-order valence-corrected chi connectivity index (χ4v) is 1.67. The maximum atomic E-state index is 9.60. The van der Waals surface area contributed by atoms with Crippen LogP contribution >= 0.6 is 0 Å². The maximum absolute atomic E-state index is 9.60. The zero-order valence-corrected chi connectivity index (χ0v) is 11.5. The zero-order valence-electron chi connectivity index (χ0n) is 11.5. The van der Waals surface area contributed by atoms with Crippen molar-refractivity contribution < 1.29 is 35.4 Å². The van der Waals surface area contributed by atoms with E-state index in [4.69, 9.17) is 14.9 Å². The van der Waals surface area contributed by atoms with Gasteiger partial charge in [0, 0.05) is 12.8 Å². The molecule has 0 spiro atoms. The Morgan fingerprint density at radius 2 is 1.86 bits per heavy atom. The summed E-state index contributed by atoms with van der Waals surface area (Å²) >= 11 is 0. The van der Waals surface area contributed by atoms with Crippen LogP contribution in [0.4, 0.5) is 0 Å². The molecule has 124 valence electrons. The smallest absolute Gasteiger partial charge is 0.183 e. The van der Waals surface area contributed by atoms with Gasteiger partial charge in [-0.15, -0.1) is 5.53 Å². The molecule has 1 heterocycles. The first-order valence-electron chi connectivity index (χ1n) is 6.54. The monoisotopic (exact) mass is 309 g/mol. The van der Waals surface area contributed by atoms with Crippen LogP contribution in [0.2, 0.25) is 0 Å². The number of nitrogens with one attached hydrogen (secondary N) is 2. The molecular formula is C11H23N3O7. The van der Waals surface area contributed by atoms with E-state index in [0.29, 0.717) is 12.2 Å². The van der Waals surface area contributed by atoms with Crippen LogP contribution in [0, 0.1) is 0 Å². The molecule has 21 heavy (non-hydrogen) atoms. The molecule has 0 bridgehead atoms. The first-order valence-corrected chi connectivity index (χ1v) is 6.54. The van der Waals surface area contributed by atoms with Gasteiger partial charge in [-0.05, 0) is 6.42 Å². The lowest BCUT2D eigenvalue weighted by molar-refractivity contribution is -0.203. The number of aliphatic hydroxyl groups is 6. The summed E-state index contributed by atoms with van der Waals surface area (Å²) in [6, 6.07) is 0. The number of aliphatic hydroxyl groups excluding tert-OH is 6.